The van der Waals surface area contributed by atoms with Crippen molar-refractivity contribution in [2.24, 2.45) is 0 Å². The van der Waals surface area contributed by atoms with E-state index in [-0.39, 0.29) is 17.7 Å². The van der Waals surface area contributed by atoms with E-state index in [2.05, 4.69) is 10.6 Å². The third-order valence-electron chi connectivity index (χ3n) is 6.28. The molecule has 0 aliphatic heterocycles. The molecular formula is C34H27N3O3. The van der Waals surface area contributed by atoms with Crippen LogP contribution in [-0.2, 0) is 0 Å². The highest BCUT2D eigenvalue weighted by atomic mass is 16.2. The lowest BCUT2D eigenvalue weighted by Gasteiger charge is -2.23. The first-order chi connectivity index (χ1) is 19.5. The van der Waals surface area contributed by atoms with Gasteiger partial charge in [-0.1, -0.05) is 60.2 Å². The first kappa shape index (κ1) is 26.1. The first-order valence-corrected chi connectivity index (χ1v) is 12.8. The molecule has 5 rings (SSSR count). The molecule has 196 valence electrons. The van der Waals surface area contributed by atoms with Crippen molar-refractivity contribution in [1.82, 2.24) is 0 Å². The van der Waals surface area contributed by atoms with Gasteiger partial charge in [-0.3, -0.25) is 19.3 Å². The number of carbonyl (C=O) groups is 3. The Kier molecular flexibility index (Phi) is 7.79. The van der Waals surface area contributed by atoms with Gasteiger partial charge < -0.3 is 10.6 Å². The molecule has 5 aromatic carbocycles. The molecule has 40 heavy (non-hydrogen) atoms. The van der Waals surface area contributed by atoms with Crippen molar-refractivity contribution in [2.75, 3.05) is 15.5 Å². The minimum absolute atomic E-state index is 0.188. The fourth-order valence-corrected chi connectivity index (χ4v) is 4.29. The van der Waals surface area contributed by atoms with E-state index in [4.69, 9.17) is 0 Å². The van der Waals surface area contributed by atoms with Gasteiger partial charge in [-0.15, -0.1) is 0 Å². The molecule has 0 heterocycles. The maximum atomic E-state index is 13.6. The molecule has 5 aromatic rings. The summed E-state index contributed by atoms with van der Waals surface area (Å²) in [7, 11) is 0. The predicted molar refractivity (Wildman–Crippen MR) is 159 cm³/mol. The molecule has 6 heteroatoms. The number of carbonyl (C=O) groups excluding carboxylic acids is 3. The van der Waals surface area contributed by atoms with E-state index in [0.29, 0.717) is 28.1 Å². The molecule has 0 bridgehead atoms. The van der Waals surface area contributed by atoms with Crippen LogP contribution in [-0.4, -0.2) is 17.7 Å². The molecule has 0 atom stereocenters. The van der Waals surface area contributed by atoms with Crippen molar-refractivity contribution >= 4 is 40.5 Å². The van der Waals surface area contributed by atoms with Crippen molar-refractivity contribution in [3.63, 3.8) is 0 Å². The molecule has 0 unspecified atom stereocenters. The predicted octanol–water partition coefficient (Wildman–Crippen LogP) is 7.48. The standard InChI is InChI=1S/C34H27N3O3/c1-24-10-8-11-26(22-24)32(38)36-29-13-9-12-27(23-29)33(39)35-28-20-18-25(19-21-28)34(40)37(30-14-4-2-5-15-30)31-16-6-3-7-17-31/h2-23H,1H3,(H,35,39)(H,36,38). The third kappa shape index (κ3) is 6.14. The molecule has 0 radical (unpaired) electrons. The van der Waals surface area contributed by atoms with Crippen molar-refractivity contribution in [3.8, 4) is 0 Å². The lowest BCUT2D eigenvalue weighted by molar-refractivity contribution is 0.0996. The Hall–Kier alpha value is -5.49. The van der Waals surface area contributed by atoms with Crippen LogP contribution in [0.1, 0.15) is 36.6 Å². The molecule has 0 aliphatic rings. The summed E-state index contributed by atoms with van der Waals surface area (Å²) in [6.07, 6.45) is 0. The minimum Gasteiger partial charge on any atom is -0.322 e. The Morgan fingerprint density at radius 2 is 1.02 bits per heavy atom. The minimum atomic E-state index is -0.332. The second kappa shape index (κ2) is 11.9. The number of para-hydroxylation sites is 2. The Labute approximate surface area is 232 Å². The van der Waals surface area contributed by atoms with Crippen LogP contribution in [0.15, 0.2) is 133 Å². The summed E-state index contributed by atoms with van der Waals surface area (Å²) in [4.78, 5) is 40.8. The number of hydrogen-bond acceptors (Lipinski definition) is 3. The monoisotopic (exact) mass is 525 g/mol. The van der Waals surface area contributed by atoms with Crippen molar-refractivity contribution in [2.45, 2.75) is 6.92 Å². The molecule has 2 N–H and O–H groups in total. The molecular weight excluding hydrogens is 498 g/mol. The topological polar surface area (TPSA) is 78.5 Å². The number of aryl methyl sites for hydroxylation is 1. The van der Waals surface area contributed by atoms with Crippen molar-refractivity contribution in [3.05, 3.63) is 156 Å². The average molecular weight is 526 g/mol. The van der Waals surface area contributed by atoms with E-state index in [0.717, 1.165) is 16.9 Å². The fourth-order valence-electron chi connectivity index (χ4n) is 4.29. The molecule has 0 aliphatic carbocycles. The Bertz CT molecular complexity index is 1610. The first-order valence-electron chi connectivity index (χ1n) is 12.8. The Balaban J connectivity index is 1.29. The van der Waals surface area contributed by atoms with Gasteiger partial charge >= 0.3 is 0 Å². The van der Waals surface area contributed by atoms with Crippen molar-refractivity contribution < 1.29 is 14.4 Å². The van der Waals surface area contributed by atoms with Crippen LogP contribution in [0.5, 0.6) is 0 Å². The number of nitrogens with one attached hydrogen (secondary N) is 2. The van der Waals surface area contributed by atoms with Gasteiger partial charge in [-0.05, 0) is 85.8 Å². The summed E-state index contributed by atoms with van der Waals surface area (Å²) in [5.74, 6) is -0.769. The van der Waals surface area contributed by atoms with Gasteiger partial charge in [0.25, 0.3) is 17.7 Å². The van der Waals surface area contributed by atoms with Gasteiger partial charge in [0.05, 0.1) is 0 Å². The number of amides is 3. The molecule has 3 amide bonds. The SMILES string of the molecule is Cc1cccc(C(=O)Nc2cccc(C(=O)Nc3ccc(C(=O)N(c4ccccc4)c4ccccc4)cc3)c2)c1. The normalized spacial score (nSPS) is 10.4. The summed E-state index contributed by atoms with van der Waals surface area (Å²) in [5.41, 5.74) is 4.97. The van der Waals surface area contributed by atoms with E-state index in [1.54, 1.807) is 65.6 Å². The van der Waals surface area contributed by atoms with Crippen LogP contribution >= 0.6 is 0 Å². The van der Waals surface area contributed by atoms with Gasteiger partial charge in [0.2, 0.25) is 0 Å². The zero-order valence-electron chi connectivity index (χ0n) is 21.9. The molecule has 0 saturated heterocycles. The summed E-state index contributed by atoms with van der Waals surface area (Å²) in [6, 6.07) is 39.7. The van der Waals surface area contributed by atoms with Gasteiger partial charge in [0.1, 0.15) is 0 Å². The van der Waals surface area contributed by atoms with E-state index in [1.807, 2.05) is 79.7 Å². The van der Waals surface area contributed by atoms with Crippen molar-refractivity contribution in [1.29, 1.82) is 0 Å². The van der Waals surface area contributed by atoms with Gasteiger partial charge in [-0.2, -0.15) is 0 Å². The van der Waals surface area contributed by atoms with Crippen LogP contribution in [0.2, 0.25) is 0 Å². The molecule has 0 aromatic heterocycles. The lowest BCUT2D eigenvalue weighted by Crippen LogP contribution is -2.25. The van der Waals surface area contributed by atoms with E-state index >= 15 is 0 Å². The second-order valence-electron chi connectivity index (χ2n) is 9.25. The zero-order chi connectivity index (χ0) is 27.9. The van der Waals surface area contributed by atoms with Gasteiger partial charge in [0, 0.05) is 39.4 Å². The number of hydrogen-bond donors (Lipinski definition) is 2. The third-order valence-corrected chi connectivity index (χ3v) is 6.28. The van der Waals surface area contributed by atoms with E-state index < -0.39 is 0 Å². The molecule has 6 nitrogen and oxygen atoms in total. The highest BCUT2D eigenvalue weighted by Gasteiger charge is 2.20. The zero-order valence-corrected chi connectivity index (χ0v) is 21.9. The Morgan fingerprint density at radius 1 is 0.500 bits per heavy atom. The number of anilines is 4. The highest BCUT2D eigenvalue weighted by molar-refractivity contribution is 6.11. The quantitative estimate of drug-likeness (QED) is 0.231. The summed E-state index contributed by atoms with van der Waals surface area (Å²) < 4.78 is 0. The van der Waals surface area contributed by atoms with Gasteiger partial charge in [-0.25, -0.2) is 0 Å². The smallest absolute Gasteiger partial charge is 0.262 e. The van der Waals surface area contributed by atoms with Crippen LogP contribution in [0, 0.1) is 6.92 Å². The number of rotatable bonds is 7. The molecule has 0 spiro atoms. The maximum absolute atomic E-state index is 13.6. The second-order valence-corrected chi connectivity index (χ2v) is 9.25. The summed E-state index contributed by atoms with van der Waals surface area (Å²) in [6.45, 7) is 1.92. The summed E-state index contributed by atoms with van der Waals surface area (Å²) >= 11 is 0. The number of nitrogens with zero attached hydrogens (tertiary/aromatic N) is 1. The lowest BCUT2D eigenvalue weighted by atomic mass is 10.1. The van der Waals surface area contributed by atoms with Crippen LogP contribution < -0.4 is 15.5 Å². The maximum Gasteiger partial charge on any atom is 0.262 e. The van der Waals surface area contributed by atoms with E-state index in [9.17, 15) is 14.4 Å². The van der Waals surface area contributed by atoms with Crippen LogP contribution in [0.4, 0.5) is 22.7 Å². The van der Waals surface area contributed by atoms with E-state index in [1.165, 1.54) is 0 Å². The Morgan fingerprint density at radius 3 is 1.60 bits per heavy atom. The number of benzene rings is 5. The summed E-state index contributed by atoms with van der Waals surface area (Å²) in [5, 5.41) is 5.70. The van der Waals surface area contributed by atoms with Gasteiger partial charge in [0.15, 0.2) is 0 Å². The van der Waals surface area contributed by atoms with Crippen LogP contribution in [0.3, 0.4) is 0 Å². The average Bonchev–Trinajstić information content (AvgIpc) is 2.99. The highest BCUT2D eigenvalue weighted by Crippen LogP contribution is 2.27. The molecule has 0 saturated carbocycles. The van der Waals surface area contributed by atoms with Crippen LogP contribution in [0.25, 0.3) is 0 Å². The fraction of sp³-hybridized carbons (Fsp3) is 0.0294. The molecule has 0 fully saturated rings. The largest absolute Gasteiger partial charge is 0.322 e.